The monoisotopic (exact) mass is 372 g/mol. The van der Waals surface area contributed by atoms with E-state index in [-0.39, 0.29) is 6.02 Å². The van der Waals surface area contributed by atoms with Crippen molar-refractivity contribution in [3.8, 4) is 10.6 Å². The van der Waals surface area contributed by atoms with Crippen LogP contribution in [0, 0.1) is 5.41 Å². The van der Waals surface area contributed by atoms with Gasteiger partial charge in [0.05, 0.1) is 15.8 Å². The number of rotatable bonds is 2. The SMILES string of the molecule is N=C(N)O/C(N)=N/c1sc2c(c1-c1nc3ccccc3s1)CCNC2. The van der Waals surface area contributed by atoms with Gasteiger partial charge in [-0.05, 0) is 30.7 Å². The summed E-state index contributed by atoms with van der Waals surface area (Å²) in [7, 11) is 0. The predicted octanol–water partition coefficient (Wildman–Crippen LogP) is 2.53. The van der Waals surface area contributed by atoms with Gasteiger partial charge < -0.3 is 21.5 Å². The second-order valence-electron chi connectivity index (χ2n) is 5.51. The van der Waals surface area contributed by atoms with Crippen molar-refractivity contribution in [2.24, 2.45) is 16.5 Å². The standard InChI is InChI=1S/C16H16N6OS2/c17-15(18)23-16(19)22-14-12(8-5-6-20-7-11(8)25-14)13-21-9-3-1-2-4-10(9)24-13/h1-4,20H,5-7H2,(H3,17,18)(H2,19,22). The van der Waals surface area contributed by atoms with Gasteiger partial charge in [-0.3, -0.25) is 5.41 Å². The van der Waals surface area contributed by atoms with Gasteiger partial charge in [-0.15, -0.1) is 22.7 Å². The number of hydrogen-bond acceptors (Lipinski definition) is 7. The Morgan fingerprint density at radius 1 is 1.28 bits per heavy atom. The van der Waals surface area contributed by atoms with Gasteiger partial charge in [-0.2, -0.15) is 4.99 Å². The van der Waals surface area contributed by atoms with Crippen molar-refractivity contribution in [1.82, 2.24) is 10.3 Å². The molecule has 0 saturated heterocycles. The Morgan fingerprint density at radius 3 is 2.92 bits per heavy atom. The third-order valence-electron chi connectivity index (χ3n) is 3.84. The molecule has 3 heterocycles. The lowest BCUT2D eigenvalue weighted by Crippen LogP contribution is -2.25. The molecule has 0 unspecified atom stereocenters. The summed E-state index contributed by atoms with van der Waals surface area (Å²) in [6.45, 7) is 1.73. The van der Waals surface area contributed by atoms with Crippen molar-refractivity contribution >= 4 is 49.9 Å². The minimum atomic E-state index is -0.481. The summed E-state index contributed by atoms with van der Waals surface area (Å²) in [5, 5.41) is 12.2. The third kappa shape index (κ3) is 3.09. The van der Waals surface area contributed by atoms with Crippen LogP contribution >= 0.6 is 22.7 Å². The average molecular weight is 372 g/mol. The summed E-state index contributed by atoms with van der Waals surface area (Å²) in [6, 6.07) is 7.44. The smallest absolute Gasteiger partial charge is 0.296 e. The van der Waals surface area contributed by atoms with Crippen LogP contribution in [0.25, 0.3) is 20.8 Å². The summed E-state index contributed by atoms with van der Waals surface area (Å²) in [5.41, 5.74) is 14.2. The summed E-state index contributed by atoms with van der Waals surface area (Å²) in [4.78, 5) is 10.4. The Balaban J connectivity index is 1.87. The van der Waals surface area contributed by atoms with E-state index >= 15 is 0 Å². The van der Waals surface area contributed by atoms with Crippen molar-refractivity contribution < 1.29 is 4.74 Å². The van der Waals surface area contributed by atoms with Crippen molar-refractivity contribution in [1.29, 1.82) is 5.41 Å². The number of nitrogens with one attached hydrogen (secondary N) is 2. The number of amidine groups is 2. The first kappa shape index (κ1) is 16.0. The molecule has 4 rings (SSSR count). The van der Waals surface area contributed by atoms with E-state index in [2.05, 4.69) is 16.4 Å². The molecular weight excluding hydrogens is 356 g/mol. The maximum Gasteiger partial charge on any atom is 0.296 e. The first-order valence-corrected chi connectivity index (χ1v) is 9.32. The van der Waals surface area contributed by atoms with E-state index in [0.717, 1.165) is 45.3 Å². The zero-order valence-electron chi connectivity index (χ0n) is 13.2. The van der Waals surface area contributed by atoms with Crippen molar-refractivity contribution in [3.05, 3.63) is 34.7 Å². The molecule has 7 nitrogen and oxygen atoms in total. The molecule has 3 aromatic rings. The second kappa shape index (κ2) is 6.43. The molecule has 1 aromatic carbocycles. The number of fused-ring (bicyclic) bond motifs is 2. The van der Waals surface area contributed by atoms with E-state index in [0.29, 0.717) is 0 Å². The lowest BCUT2D eigenvalue weighted by atomic mass is 10.0. The number of benzene rings is 1. The number of nitrogens with two attached hydrogens (primary N) is 2. The van der Waals surface area contributed by atoms with Gasteiger partial charge in [0, 0.05) is 11.4 Å². The number of ether oxygens (including phenoxy) is 1. The van der Waals surface area contributed by atoms with Crippen LogP contribution < -0.4 is 16.8 Å². The molecule has 25 heavy (non-hydrogen) atoms. The van der Waals surface area contributed by atoms with Gasteiger partial charge in [0.25, 0.3) is 12.0 Å². The van der Waals surface area contributed by atoms with Crippen LogP contribution in [0.15, 0.2) is 29.3 Å². The fourth-order valence-corrected chi connectivity index (χ4v) is 5.13. The predicted molar refractivity (Wildman–Crippen MR) is 103 cm³/mol. The zero-order valence-corrected chi connectivity index (χ0v) is 14.8. The zero-order chi connectivity index (χ0) is 17.4. The fourth-order valence-electron chi connectivity index (χ4n) is 2.83. The van der Waals surface area contributed by atoms with Crippen LogP contribution in [0.4, 0.5) is 5.00 Å². The van der Waals surface area contributed by atoms with Crippen molar-refractivity contribution in [3.63, 3.8) is 0 Å². The van der Waals surface area contributed by atoms with Crippen molar-refractivity contribution in [2.45, 2.75) is 13.0 Å². The molecule has 1 aliphatic rings. The Labute approximate surface area is 151 Å². The van der Waals surface area contributed by atoms with Gasteiger partial charge in [0.2, 0.25) is 0 Å². The molecule has 9 heteroatoms. The molecule has 0 aliphatic carbocycles. The van der Waals surface area contributed by atoms with E-state index in [1.54, 1.807) is 22.7 Å². The van der Waals surface area contributed by atoms with Crippen molar-refractivity contribution in [2.75, 3.05) is 6.54 Å². The van der Waals surface area contributed by atoms with Gasteiger partial charge in [-0.25, -0.2) is 4.98 Å². The highest BCUT2D eigenvalue weighted by Crippen LogP contribution is 2.46. The first-order chi connectivity index (χ1) is 12.1. The second-order valence-corrected chi connectivity index (χ2v) is 7.63. The Morgan fingerprint density at radius 2 is 2.12 bits per heavy atom. The number of nitrogens with zero attached hydrogens (tertiary/aromatic N) is 2. The molecule has 0 fully saturated rings. The van der Waals surface area contributed by atoms with E-state index in [9.17, 15) is 0 Å². The highest BCUT2D eigenvalue weighted by Gasteiger charge is 2.24. The number of aromatic nitrogens is 1. The van der Waals surface area contributed by atoms with Crippen LogP contribution in [0.1, 0.15) is 10.4 Å². The average Bonchev–Trinajstić information content (AvgIpc) is 3.13. The van der Waals surface area contributed by atoms with E-state index in [1.165, 1.54) is 10.4 Å². The topological polar surface area (TPSA) is 122 Å². The molecule has 1 aliphatic heterocycles. The molecular formula is C16H16N6OS2. The maximum atomic E-state index is 7.19. The number of aliphatic imine (C=N–C) groups is 1. The van der Waals surface area contributed by atoms with Gasteiger partial charge in [0.1, 0.15) is 10.0 Å². The quantitative estimate of drug-likeness (QED) is 0.407. The van der Waals surface area contributed by atoms with Crippen LogP contribution in [0.5, 0.6) is 0 Å². The minimum absolute atomic E-state index is 0.138. The fraction of sp³-hybridized carbons (Fsp3) is 0.188. The Kier molecular flexibility index (Phi) is 4.12. The molecule has 0 radical (unpaired) electrons. The van der Waals surface area contributed by atoms with Gasteiger partial charge in [-0.1, -0.05) is 12.1 Å². The van der Waals surface area contributed by atoms with E-state index in [4.69, 9.17) is 26.6 Å². The molecule has 128 valence electrons. The Bertz CT molecular complexity index is 957. The number of para-hydroxylation sites is 1. The molecule has 0 spiro atoms. The molecule has 0 atom stereocenters. The summed E-state index contributed by atoms with van der Waals surface area (Å²) in [5.74, 6) is 0. The first-order valence-electron chi connectivity index (χ1n) is 7.69. The molecule has 2 aromatic heterocycles. The minimum Gasteiger partial charge on any atom is -0.393 e. The molecule has 0 saturated carbocycles. The molecule has 0 bridgehead atoms. The maximum absolute atomic E-state index is 7.19. The van der Waals surface area contributed by atoms with Gasteiger partial charge in [0.15, 0.2) is 0 Å². The molecule has 6 N–H and O–H groups in total. The van der Waals surface area contributed by atoms with E-state index < -0.39 is 6.02 Å². The summed E-state index contributed by atoms with van der Waals surface area (Å²) < 4.78 is 6.03. The molecule has 0 amide bonds. The summed E-state index contributed by atoms with van der Waals surface area (Å²) in [6.07, 6.45) is 0.917. The van der Waals surface area contributed by atoms with Crippen LogP contribution in [0.3, 0.4) is 0 Å². The lowest BCUT2D eigenvalue weighted by Gasteiger charge is -2.13. The van der Waals surface area contributed by atoms with Crippen LogP contribution in [-0.4, -0.2) is 23.6 Å². The number of thiazole rings is 1. The summed E-state index contributed by atoms with van der Waals surface area (Å²) >= 11 is 3.21. The number of thiophene rings is 1. The number of hydrogen-bond donors (Lipinski definition) is 4. The third-order valence-corrected chi connectivity index (χ3v) is 6.02. The normalized spacial score (nSPS) is 14.5. The Hall–Kier alpha value is -2.49. The largest absolute Gasteiger partial charge is 0.393 e. The van der Waals surface area contributed by atoms with Crippen LogP contribution in [-0.2, 0) is 17.7 Å². The van der Waals surface area contributed by atoms with Crippen LogP contribution in [0.2, 0.25) is 0 Å². The van der Waals surface area contributed by atoms with Gasteiger partial charge >= 0.3 is 0 Å². The lowest BCUT2D eigenvalue weighted by molar-refractivity contribution is 0.523. The highest BCUT2D eigenvalue weighted by molar-refractivity contribution is 7.22. The van der Waals surface area contributed by atoms with E-state index in [1.807, 2.05) is 18.2 Å². The highest BCUT2D eigenvalue weighted by atomic mass is 32.1.